The number of hydrogen-bond donors (Lipinski definition) is 0. The zero-order valence-corrected chi connectivity index (χ0v) is 13.0. The molecule has 3 rings (SSSR count). The predicted octanol–water partition coefficient (Wildman–Crippen LogP) is 4.83. The highest BCUT2D eigenvalue weighted by Gasteiger charge is 2.28. The molecule has 0 N–H and O–H groups in total. The summed E-state index contributed by atoms with van der Waals surface area (Å²) in [7, 11) is 0. The summed E-state index contributed by atoms with van der Waals surface area (Å²) in [5.41, 5.74) is 1.20. The van der Waals surface area contributed by atoms with Gasteiger partial charge in [-0.3, -0.25) is 4.68 Å². The van der Waals surface area contributed by atoms with E-state index in [0.29, 0.717) is 12.4 Å². The first-order valence-corrected chi connectivity index (χ1v) is 7.47. The van der Waals surface area contributed by atoms with Crippen molar-refractivity contribution in [2.24, 2.45) is 0 Å². The van der Waals surface area contributed by atoms with Gasteiger partial charge in [-0.1, -0.05) is 30.3 Å². The molecule has 0 aliphatic rings. The van der Waals surface area contributed by atoms with Crippen molar-refractivity contribution in [2.45, 2.75) is 19.3 Å². The molecular weight excluding hydrogens is 336 g/mol. The monoisotopic (exact) mass is 350 g/mol. The SMILES string of the molecule is Fc1cc(OCc2ccccc2)ccc1-c1ccn(CC(F)(F)F)n1. The number of hydrogen-bond acceptors (Lipinski definition) is 2. The minimum atomic E-state index is -4.38. The lowest BCUT2D eigenvalue weighted by atomic mass is 10.1. The van der Waals surface area contributed by atoms with E-state index in [4.69, 9.17) is 4.74 Å². The maximum atomic E-state index is 14.3. The topological polar surface area (TPSA) is 27.1 Å². The minimum absolute atomic E-state index is 0.119. The summed E-state index contributed by atoms with van der Waals surface area (Å²) in [4.78, 5) is 0. The van der Waals surface area contributed by atoms with Crippen LogP contribution in [-0.4, -0.2) is 16.0 Å². The second kappa shape index (κ2) is 6.96. The van der Waals surface area contributed by atoms with E-state index in [-0.39, 0.29) is 11.3 Å². The van der Waals surface area contributed by atoms with Gasteiger partial charge in [-0.2, -0.15) is 18.3 Å². The Bertz CT molecular complexity index is 844. The van der Waals surface area contributed by atoms with Crippen molar-refractivity contribution in [3.63, 3.8) is 0 Å². The van der Waals surface area contributed by atoms with Crippen LogP contribution in [0.15, 0.2) is 60.8 Å². The van der Waals surface area contributed by atoms with E-state index >= 15 is 0 Å². The fraction of sp³-hybridized carbons (Fsp3) is 0.167. The normalized spacial score (nSPS) is 11.5. The van der Waals surface area contributed by atoms with Crippen molar-refractivity contribution in [1.29, 1.82) is 0 Å². The van der Waals surface area contributed by atoms with E-state index in [9.17, 15) is 17.6 Å². The van der Waals surface area contributed by atoms with Crippen LogP contribution >= 0.6 is 0 Å². The summed E-state index contributed by atoms with van der Waals surface area (Å²) >= 11 is 0. The number of halogens is 4. The van der Waals surface area contributed by atoms with Crippen molar-refractivity contribution in [2.75, 3.05) is 0 Å². The second-order valence-corrected chi connectivity index (χ2v) is 5.43. The molecule has 3 aromatic rings. The molecule has 25 heavy (non-hydrogen) atoms. The Morgan fingerprint density at radius 2 is 1.76 bits per heavy atom. The molecule has 0 bridgehead atoms. The smallest absolute Gasteiger partial charge is 0.408 e. The third-order valence-corrected chi connectivity index (χ3v) is 3.45. The first kappa shape index (κ1) is 17.0. The molecule has 0 atom stereocenters. The zero-order chi connectivity index (χ0) is 17.9. The van der Waals surface area contributed by atoms with Gasteiger partial charge in [0.1, 0.15) is 24.7 Å². The molecule has 0 saturated carbocycles. The molecule has 0 radical (unpaired) electrons. The summed E-state index contributed by atoms with van der Waals surface area (Å²) in [6.07, 6.45) is -3.21. The van der Waals surface area contributed by atoms with Crippen LogP contribution in [-0.2, 0) is 13.2 Å². The summed E-state index contributed by atoms with van der Waals surface area (Å²) in [5, 5.41) is 3.77. The predicted molar refractivity (Wildman–Crippen MR) is 84.5 cm³/mol. The quantitative estimate of drug-likeness (QED) is 0.616. The summed E-state index contributed by atoms with van der Waals surface area (Å²) < 4.78 is 57.6. The Kier molecular flexibility index (Phi) is 4.74. The lowest BCUT2D eigenvalue weighted by Gasteiger charge is -2.08. The number of ether oxygens (including phenoxy) is 1. The van der Waals surface area contributed by atoms with E-state index in [1.807, 2.05) is 30.3 Å². The minimum Gasteiger partial charge on any atom is -0.489 e. The van der Waals surface area contributed by atoms with Gasteiger partial charge in [-0.25, -0.2) is 4.39 Å². The Morgan fingerprint density at radius 1 is 1.00 bits per heavy atom. The number of aromatic nitrogens is 2. The Balaban J connectivity index is 1.71. The molecule has 2 aromatic carbocycles. The maximum Gasteiger partial charge on any atom is 0.408 e. The van der Waals surface area contributed by atoms with Gasteiger partial charge in [-0.15, -0.1) is 0 Å². The van der Waals surface area contributed by atoms with Crippen molar-refractivity contribution in [3.05, 3.63) is 72.2 Å². The van der Waals surface area contributed by atoms with E-state index in [0.717, 1.165) is 10.2 Å². The van der Waals surface area contributed by atoms with Crippen molar-refractivity contribution < 1.29 is 22.3 Å². The summed E-state index contributed by atoms with van der Waals surface area (Å²) in [5.74, 6) is -0.275. The average molecular weight is 350 g/mol. The molecule has 0 aliphatic heterocycles. The summed E-state index contributed by atoms with van der Waals surface area (Å²) in [6.45, 7) is -0.924. The highest BCUT2D eigenvalue weighted by atomic mass is 19.4. The highest BCUT2D eigenvalue weighted by molar-refractivity contribution is 5.60. The van der Waals surface area contributed by atoms with Crippen LogP contribution in [0.2, 0.25) is 0 Å². The van der Waals surface area contributed by atoms with E-state index in [2.05, 4.69) is 5.10 Å². The molecule has 0 unspecified atom stereocenters. The Labute approximate surface area is 141 Å². The Hall–Kier alpha value is -2.83. The summed E-state index contributed by atoms with van der Waals surface area (Å²) in [6, 6.07) is 14.9. The number of rotatable bonds is 5. The molecule has 7 heteroatoms. The largest absolute Gasteiger partial charge is 0.489 e. The van der Waals surface area contributed by atoms with Gasteiger partial charge in [0.05, 0.1) is 5.69 Å². The first-order valence-electron chi connectivity index (χ1n) is 7.47. The molecule has 1 aromatic heterocycles. The molecule has 0 amide bonds. The fourth-order valence-corrected chi connectivity index (χ4v) is 2.31. The maximum absolute atomic E-state index is 14.3. The van der Waals surface area contributed by atoms with Crippen LogP contribution in [0.3, 0.4) is 0 Å². The van der Waals surface area contributed by atoms with Gasteiger partial charge < -0.3 is 4.74 Å². The van der Waals surface area contributed by atoms with E-state index < -0.39 is 18.5 Å². The van der Waals surface area contributed by atoms with Crippen molar-refractivity contribution in [3.8, 4) is 17.0 Å². The van der Waals surface area contributed by atoms with E-state index in [1.165, 1.54) is 24.4 Å². The molecule has 0 spiro atoms. The van der Waals surface area contributed by atoms with Crippen LogP contribution in [0.25, 0.3) is 11.3 Å². The zero-order valence-electron chi connectivity index (χ0n) is 13.0. The molecule has 130 valence electrons. The van der Waals surface area contributed by atoms with Gasteiger partial charge >= 0.3 is 6.18 Å². The van der Waals surface area contributed by atoms with Gasteiger partial charge in [0.25, 0.3) is 0 Å². The standard InChI is InChI=1S/C18H14F4N2O/c19-16-10-14(25-11-13-4-2-1-3-5-13)6-7-15(16)17-8-9-24(23-17)12-18(20,21)22/h1-10H,11-12H2. The number of nitrogens with zero attached hydrogens (tertiary/aromatic N) is 2. The third-order valence-electron chi connectivity index (χ3n) is 3.45. The van der Waals surface area contributed by atoms with E-state index in [1.54, 1.807) is 6.07 Å². The average Bonchev–Trinajstić information content (AvgIpc) is 3.00. The highest BCUT2D eigenvalue weighted by Crippen LogP contribution is 2.26. The Morgan fingerprint density at radius 3 is 2.44 bits per heavy atom. The number of benzene rings is 2. The van der Waals surface area contributed by atoms with Crippen LogP contribution in [0.4, 0.5) is 17.6 Å². The van der Waals surface area contributed by atoms with Gasteiger partial charge in [-0.05, 0) is 23.8 Å². The van der Waals surface area contributed by atoms with Crippen LogP contribution < -0.4 is 4.74 Å². The lowest BCUT2D eigenvalue weighted by molar-refractivity contribution is -0.142. The van der Waals surface area contributed by atoms with Crippen LogP contribution in [0, 0.1) is 5.82 Å². The first-order chi connectivity index (χ1) is 11.9. The molecule has 3 nitrogen and oxygen atoms in total. The molecular formula is C18H14F4N2O. The van der Waals surface area contributed by atoms with Crippen LogP contribution in [0.1, 0.15) is 5.56 Å². The number of alkyl halides is 3. The van der Waals surface area contributed by atoms with Gasteiger partial charge in [0, 0.05) is 17.8 Å². The van der Waals surface area contributed by atoms with Gasteiger partial charge in [0.2, 0.25) is 0 Å². The molecule has 0 saturated heterocycles. The van der Waals surface area contributed by atoms with Crippen LogP contribution in [0.5, 0.6) is 5.75 Å². The molecule has 1 heterocycles. The van der Waals surface area contributed by atoms with Crippen molar-refractivity contribution in [1.82, 2.24) is 9.78 Å². The second-order valence-electron chi connectivity index (χ2n) is 5.43. The van der Waals surface area contributed by atoms with Gasteiger partial charge in [0.15, 0.2) is 0 Å². The third kappa shape index (κ3) is 4.59. The lowest BCUT2D eigenvalue weighted by Crippen LogP contribution is -2.17. The van der Waals surface area contributed by atoms with Crippen molar-refractivity contribution >= 4 is 0 Å². The fourth-order valence-electron chi connectivity index (χ4n) is 2.31. The molecule has 0 aliphatic carbocycles. The molecule has 0 fully saturated rings.